The molecule has 1 fully saturated rings. The predicted octanol–water partition coefficient (Wildman–Crippen LogP) is 3.12. The molecule has 5 heteroatoms. The minimum Gasteiger partial charge on any atom is -0.357 e. The van der Waals surface area contributed by atoms with Crippen molar-refractivity contribution in [1.82, 2.24) is 9.97 Å². The number of aromatic nitrogens is 2. The first-order chi connectivity index (χ1) is 9.95. The minimum atomic E-state index is 0.486. The van der Waals surface area contributed by atoms with Crippen LogP contribution in [0.15, 0.2) is 6.07 Å². The molecular weight excluding hydrogens is 262 g/mol. The highest BCUT2D eigenvalue weighted by Gasteiger charge is 2.29. The summed E-state index contributed by atoms with van der Waals surface area (Å²) in [6, 6.07) is 2.51. The molecule has 0 saturated heterocycles. The smallest absolute Gasteiger partial charge is 0.145 e. The van der Waals surface area contributed by atoms with Crippen molar-refractivity contribution in [2.24, 2.45) is 11.3 Å². The van der Waals surface area contributed by atoms with Crippen molar-refractivity contribution in [2.45, 2.75) is 65.3 Å². The zero-order valence-corrected chi connectivity index (χ0v) is 13.8. The maximum Gasteiger partial charge on any atom is 0.145 e. The Hall–Kier alpha value is -1.36. The number of nitrogens with two attached hydrogens (primary N) is 1. The van der Waals surface area contributed by atoms with Crippen molar-refractivity contribution in [3.63, 3.8) is 0 Å². The molecule has 0 spiro atoms. The van der Waals surface area contributed by atoms with Crippen LogP contribution in [0.25, 0.3) is 0 Å². The number of hydrogen-bond acceptors (Lipinski definition) is 5. The van der Waals surface area contributed by atoms with Crippen molar-refractivity contribution in [1.29, 1.82) is 0 Å². The van der Waals surface area contributed by atoms with E-state index >= 15 is 0 Å². The van der Waals surface area contributed by atoms with Crippen LogP contribution in [0.5, 0.6) is 0 Å². The second kappa shape index (κ2) is 6.60. The molecule has 5 nitrogen and oxygen atoms in total. The third-order valence-electron chi connectivity index (χ3n) is 4.60. The van der Waals surface area contributed by atoms with Gasteiger partial charge in [-0.1, -0.05) is 20.8 Å². The average Bonchev–Trinajstić information content (AvgIpc) is 2.46. The largest absolute Gasteiger partial charge is 0.357 e. The summed E-state index contributed by atoms with van der Waals surface area (Å²) >= 11 is 0. The van der Waals surface area contributed by atoms with E-state index in [0.717, 1.165) is 24.5 Å². The molecule has 0 aliphatic heterocycles. The van der Waals surface area contributed by atoms with Gasteiger partial charge < -0.3 is 10.3 Å². The van der Waals surface area contributed by atoms with E-state index in [-0.39, 0.29) is 0 Å². The normalized spacial score (nSPS) is 18.5. The van der Waals surface area contributed by atoms with Crippen molar-refractivity contribution in [2.75, 3.05) is 17.4 Å². The number of hydrogen-bond donors (Lipinski definition) is 2. The molecule has 0 radical (unpaired) electrons. The molecule has 0 bridgehead atoms. The van der Waals surface area contributed by atoms with Crippen molar-refractivity contribution < 1.29 is 0 Å². The highest BCUT2D eigenvalue weighted by Crippen LogP contribution is 2.37. The van der Waals surface area contributed by atoms with Gasteiger partial charge in [0.1, 0.15) is 17.5 Å². The van der Waals surface area contributed by atoms with Crippen LogP contribution in [0.3, 0.4) is 0 Å². The third kappa shape index (κ3) is 4.06. The first kappa shape index (κ1) is 16.0. The molecule has 1 aliphatic carbocycles. The summed E-state index contributed by atoms with van der Waals surface area (Å²) in [5.41, 5.74) is 3.15. The van der Waals surface area contributed by atoms with Crippen molar-refractivity contribution in [3.05, 3.63) is 11.9 Å². The second-order valence-electron chi connectivity index (χ2n) is 6.93. The topological polar surface area (TPSA) is 67.1 Å². The Labute approximate surface area is 128 Å². The van der Waals surface area contributed by atoms with E-state index in [1.54, 1.807) is 0 Å². The number of nitrogens with one attached hydrogen (secondary N) is 1. The Morgan fingerprint density at radius 1 is 1.33 bits per heavy atom. The van der Waals surface area contributed by atoms with Gasteiger partial charge in [-0.3, -0.25) is 0 Å². The Balaban J connectivity index is 2.14. The molecule has 1 heterocycles. The molecule has 1 aromatic heterocycles. The summed E-state index contributed by atoms with van der Waals surface area (Å²) in [7, 11) is 2.14. The van der Waals surface area contributed by atoms with Gasteiger partial charge in [0.05, 0.1) is 0 Å². The summed E-state index contributed by atoms with van der Waals surface area (Å²) in [5, 5.41) is 0. The van der Waals surface area contributed by atoms with Crippen LogP contribution in [0.4, 0.5) is 11.6 Å². The van der Waals surface area contributed by atoms with Gasteiger partial charge >= 0.3 is 0 Å². The molecule has 2 rings (SSSR count). The van der Waals surface area contributed by atoms with Gasteiger partial charge in [-0.2, -0.15) is 0 Å². The Bertz CT molecular complexity index is 462. The van der Waals surface area contributed by atoms with E-state index in [2.05, 4.69) is 43.1 Å². The average molecular weight is 291 g/mol. The lowest BCUT2D eigenvalue weighted by Crippen LogP contribution is -2.37. The van der Waals surface area contributed by atoms with Gasteiger partial charge in [-0.05, 0) is 37.5 Å². The molecule has 21 heavy (non-hydrogen) atoms. The summed E-state index contributed by atoms with van der Waals surface area (Å²) in [4.78, 5) is 11.4. The molecular formula is C16H29N5. The van der Waals surface area contributed by atoms with Gasteiger partial charge in [0.25, 0.3) is 0 Å². The SMILES string of the molecule is CCCc1nc(NN)cc(N(C)C2CCC(C)(C)CC2)n1. The molecule has 1 aromatic rings. The van der Waals surface area contributed by atoms with Crippen LogP contribution in [0.1, 0.15) is 58.7 Å². The number of rotatable bonds is 5. The van der Waals surface area contributed by atoms with E-state index in [1.807, 2.05) is 6.07 Å². The van der Waals surface area contributed by atoms with E-state index in [0.29, 0.717) is 17.3 Å². The van der Waals surface area contributed by atoms with E-state index in [9.17, 15) is 0 Å². The number of nitrogens with zero attached hydrogens (tertiary/aromatic N) is 3. The molecule has 1 aliphatic rings. The molecule has 3 N–H and O–H groups in total. The van der Waals surface area contributed by atoms with Crippen LogP contribution in [-0.2, 0) is 6.42 Å². The van der Waals surface area contributed by atoms with Crippen molar-refractivity contribution in [3.8, 4) is 0 Å². The van der Waals surface area contributed by atoms with Gasteiger partial charge in [0.2, 0.25) is 0 Å². The summed E-state index contributed by atoms with van der Waals surface area (Å²) in [6.07, 6.45) is 6.92. The molecule has 0 amide bonds. The van der Waals surface area contributed by atoms with Gasteiger partial charge in [-0.15, -0.1) is 0 Å². The summed E-state index contributed by atoms with van der Waals surface area (Å²) in [5.74, 6) is 8.08. The maximum atomic E-state index is 5.54. The second-order valence-corrected chi connectivity index (χ2v) is 6.93. The van der Waals surface area contributed by atoms with Crippen molar-refractivity contribution >= 4 is 11.6 Å². The molecule has 0 atom stereocenters. The zero-order valence-electron chi connectivity index (χ0n) is 13.8. The predicted molar refractivity (Wildman–Crippen MR) is 88.3 cm³/mol. The first-order valence-corrected chi connectivity index (χ1v) is 8.02. The lowest BCUT2D eigenvalue weighted by atomic mass is 9.75. The lowest BCUT2D eigenvalue weighted by Gasteiger charge is -2.39. The number of aryl methyl sites for hydroxylation is 1. The Morgan fingerprint density at radius 2 is 2.00 bits per heavy atom. The Kier molecular flexibility index (Phi) is 5.04. The van der Waals surface area contributed by atoms with Crippen LogP contribution >= 0.6 is 0 Å². The summed E-state index contributed by atoms with van der Waals surface area (Å²) in [6.45, 7) is 6.87. The monoisotopic (exact) mass is 291 g/mol. The number of hydrazine groups is 1. The van der Waals surface area contributed by atoms with Crippen LogP contribution in [0.2, 0.25) is 0 Å². The van der Waals surface area contributed by atoms with Crippen LogP contribution in [0, 0.1) is 5.41 Å². The van der Waals surface area contributed by atoms with Gasteiger partial charge in [0, 0.05) is 25.6 Å². The summed E-state index contributed by atoms with van der Waals surface area (Å²) < 4.78 is 0. The fraction of sp³-hybridized carbons (Fsp3) is 0.750. The van der Waals surface area contributed by atoms with E-state index < -0.39 is 0 Å². The molecule has 118 valence electrons. The first-order valence-electron chi connectivity index (χ1n) is 8.02. The fourth-order valence-electron chi connectivity index (χ4n) is 3.03. The third-order valence-corrected chi connectivity index (χ3v) is 4.60. The minimum absolute atomic E-state index is 0.486. The Morgan fingerprint density at radius 3 is 2.57 bits per heavy atom. The number of anilines is 2. The highest BCUT2D eigenvalue weighted by atomic mass is 15.3. The van der Waals surface area contributed by atoms with E-state index in [4.69, 9.17) is 10.8 Å². The van der Waals surface area contributed by atoms with Crippen LogP contribution in [-0.4, -0.2) is 23.1 Å². The van der Waals surface area contributed by atoms with Gasteiger partial charge in [-0.25, -0.2) is 15.8 Å². The fourth-order valence-corrected chi connectivity index (χ4v) is 3.03. The maximum absolute atomic E-state index is 5.54. The van der Waals surface area contributed by atoms with Gasteiger partial charge in [0.15, 0.2) is 0 Å². The van der Waals surface area contributed by atoms with Crippen LogP contribution < -0.4 is 16.2 Å². The lowest BCUT2D eigenvalue weighted by molar-refractivity contribution is 0.222. The molecule has 0 aromatic carbocycles. The highest BCUT2D eigenvalue weighted by molar-refractivity contribution is 5.49. The molecule has 1 saturated carbocycles. The quantitative estimate of drug-likeness (QED) is 0.644. The van der Waals surface area contributed by atoms with E-state index in [1.165, 1.54) is 25.7 Å². The zero-order chi connectivity index (χ0) is 15.5. The molecule has 0 unspecified atom stereocenters. The number of nitrogen functional groups attached to an aromatic ring is 1. The standard InChI is InChI=1S/C16H29N5/c1-5-6-13-18-14(20-17)11-15(19-13)21(4)12-7-9-16(2,3)10-8-12/h11-12H,5-10,17H2,1-4H3,(H,18,19,20).